The van der Waals surface area contributed by atoms with Crippen LogP contribution in [-0.4, -0.2) is 25.4 Å². The summed E-state index contributed by atoms with van der Waals surface area (Å²) in [6.45, 7) is 6.14. The third-order valence-corrected chi connectivity index (χ3v) is 4.30. The summed E-state index contributed by atoms with van der Waals surface area (Å²) in [6, 6.07) is 4.76. The monoisotopic (exact) mass is 454 g/mol. The molecule has 30 heavy (non-hydrogen) atoms. The van der Waals surface area contributed by atoms with Crippen molar-refractivity contribution >= 4 is 53.3 Å². The van der Waals surface area contributed by atoms with Gasteiger partial charge in [0, 0.05) is 12.2 Å². The molecule has 0 spiro atoms. The number of rotatable bonds is 5. The number of fused-ring (bicyclic) bond motifs is 1. The van der Waals surface area contributed by atoms with E-state index in [9.17, 15) is 14.4 Å². The lowest BCUT2D eigenvalue weighted by atomic mass is 10.0. The second kappa shape index (κ2) is 10.2. The molecule has 0 aliphatic heterocycles. The standard InChI is InChI=1S/C19H22N6O3.2ClH/c1-4-7-25-16-15(18(27)24-19(25)28)12(8-13(23-16)10(2)3)17(26)22-11-5-6-14(20)21-9-11;;/h5-6,8-10H,4,7H2,1-3H3,(H2,20,21)(H,22,26)(H,24,27,28);2*1H. The zero-order chi connectivity index (χ0) is 20.4. The molecule has 11 heteroatoms. The number of nitrogens with two attached hydrogens (primary N) is 1. The quantitative estimate of drug-likeness (QED) is 0.541. The van der Waals surface area contributed by atoms with Crippen LogP contribution in [0.15, 0.2) is 34.0 Å². The minimum absolute atomic E-state index is 0. The Kier molecular flexibility index (Phi) is 8.56. The average Bonchev–Trinajstić information content (AvgIpc) is 2.65. The Bertz CT molecular complexity index is 1160. The predicted octanol–water partition coefficient (Wildman–Crippen LogP) is 2.69. The molecule has 9 nitrogen and oxygen atoms in total. The van der Waals surface area contributed by atoms with Crippen molar-refractivity contribution in [1.82, 2.24) is 19.5 Å². The van der Waals surface area contributed by atoms with E-state index in [4.69, 9.17) is 5.73 Å². The zero-order valence-electron chi connectivity index (χ0n) is 16.8. The van der Waals surface area contributed by atoms with E-state index < -0.39 is 17.2 Å². The highest BCUT2D eigenvalue weighted by Gasteiger charge is 2.20. The van der Waals surface area contributed by atoms with E-state index in [1.807, 2.05) is 20.8 Å². The van der Waals surface area contributed by atoms with Gasteiger partial charge in [0.1, 0.15) is 5.82 Å². The SMILES string of the molecule is CCCn1c(=O)[nH]c(=O)c2c(C(=O)Nc3ccc(N)nc3)cc(C(C)C)nc21.Cl.Cl. The lowest BCUT2D eigenvalue weighted by Gasteiger charge is -2.14. The van der Waals surface area contributed by atoms with Gasteiger partial charge in [0.05, 0.1) is 22.8 Å². The number of carbonyl (C=O) groups excluding carboxylic acids is 1. The molecule has 1 amide bonds. The van der Waals surface area contributed by atoms with E-state index in [1.165, 1.54) is 10.8 Å². The first-order valence-electron chi connectivity index (χ1n) is 9.02. The molecule has 0 aliphatic carbocycles. The van der Waals surface area contributed by atoms with E-state index in [1.54, 1.807) is 18.2 Å². The predicted molar refractivity (Wildman–Crippen MR) is 122 cm³/mol. The Morgan fingerprint density at radius 1 is 1.27 bits per heavy atom. The molecule has 3 aromatic heterocycles. The highest BCUT2D eigenvalue weighted by molar-refractivity contribution is 6.11. The lowest BCUT2D eigenvalue weighted by molar-refractivity contribution is 0.102. The number of aryl methyl sites for hydroxylation is 1. The first-order valence-corrected chi connectivity index (χ1v) is 9.02. The Morgan fingerprint density at radius 3 is 2.53 bits per heavy atom. The molecule has 0 fully saturated rings. The molecule has 0 unspecified atom stereocenters. The van der Waals surface area contributed by atoms with E-state index in [0.717, 1.165) is 0 Å². The van der Waals surface area contributed by atoms with Crippen molar-refractivity contribution in [3.05, 3.63) is 56.5 Å². The fourth-order valence-electron chi connectivity index (χ4n) is 2.88. The summed E-state index contributed by atoms with van der Waals surface area (Å²) >= 11 is 0. The van der Waals surface area contributed by atoms with Crippen LogP contribution in [0.3, 0.4) is 0 Å². The van der Waals surface area contributed by atoms with Gasteiger partial charge in [0.25, 0.3) is 11.5 Å². The lowest BCUT2D eigenvalue weighted by Crippen LogP contribution is -2.32. The molecule has 0 aromatic carbocycles. The number of hydrogen-bond donors (Lipinski definition) is 3. The van der Waals surface area contributed by atoms with Crippen LogP contribution in [0.1, 0.15) is 49.2 Å². The molecular formula is C19H24Cl2N6O3. The second-order valence-electron chi connectivity index (χ2n) is 6.78. The first kappa shape index (κ1) is 25.1. The summed E-state index contributed by atoms with van der Waals surface area (Å²) in [5.41, 5.74) is 5.80. The molecule has 3 aromatic rings. The van der Waals surface area contributed by atoms with Gasteiger partial charge in [0.15, 0.2) is 5.65 Å². The Labute approximate surface area is 184 Å². The number of nitrogens with one attached hydrogen (secondary N) is 2. The Balaban J connectivity index is 0.00000225. The molecule has 4 N–H and O–H groups in total. The third-order valence-electron chi connectivity index (χ3n) is 4.30. The summed E-state index contributed by atoms with van der Waals surface area (Å²) in [5.74, 6) is -0.166. The van der Waals surface area contributed by atoms with Crippen LogP contribution in [0.25, 0.3) is 11.0 Å². The zero-order valence-corrected chi connectivity index (χ0v) is 18.4. The van der Waals surface area contributed by atoms with Crippen molar-refractivity contribution in [1.29, 1.82) is 0 Å². The number of nitrogen functional groups attached to an aromatic ring is 1. The summed E-state index contributed by atoms with van der Waals surface area (Å²) in [4.78, 5) is 48.5. The fraction of sp³-hybridized carbons (Fsp3) is 0.316. The van der Waals surface area contributed by atoms with Crippen LogP contribution in [0.5, 0.6) is 0 Å². The number of H-pyrrole nitrogens is 1. The van der Waals surface area contributed by atoms with Gasteiger partial charge in [-0.2, -0.15) is 0 Å². The molecule has 0 atom stereocenters. The highest BCUT2D eigenvalue weighted by Crippen LogP contribution is 2.21. The maximum Gasteiger partial charge on any atom is 0.329 e. The van der Waals surface area contributed by atoms with Crippen LogP contribution < -0.4 is 22.3 Å². The number of halogens is 2. The van der Waals surface area contributed by atoms with Gasteiger partial charge < -0.3 is 11.1 Å². The molecule has 0 saturated heterocycles. The minimum Gasteiger partial charge on any atom is -0.384 e. The number of anilines is 2. The average molecular weight is 455 g/mol. The molecule has 0 bridgehead atoms. The number of aromatic nitrogens is 4. The number of hydrogen-bond acceptors (Lipinski definition) is 6. The van der Waals surface area contributed by atoms with Crippen molar-refractivity contribution in [3.8, 4) is 0 Å². The number of pyridine rings is 2. The van der Waals surface area contributed by atoms with Gasteiger partial charge in [-0.15, -0.1) is 24.8 Å². The van der Waals surface area contributed by atoms with Crippen LogP contribution in [0.4, 0.5) is 11.5 Å². The van der Waals surface area contributed by atoms with E-state index in [-0.39, 0.29) is 47.3 Å². The van der Waals surface area contributed by atoms with Gasteiger partial charge >= 0.3 is 5.69 Å². The van der Waals surface area contributed by atoms with E-state index in [2.05, 4.69) is 20.3 Å². The molecule has 3 heterocycles. The summed E-state index contributed by atoms with van der Waals surface area (Å²) in [6.07, 6.45) is 2.10. The highest BCUT2D eigenvalue weighted by atomic mass is 35.5. The van der Waals surface area contributed by atoms with Crippen molar-refractivity contribution in [2.75, 3.05) is 11.1 Å². The van der Waals surface area contributed by atoms with E-state index >= 15 is 0 Å². The maximum atomic E-state index is 13.0. The Hall–Kier alpha value is -2.91. The number of carbonyl (C=O) groups is 1. The van der Waals surface area contributed by atoms with Crippen LogP contribution in [0, 0.1) is 0 Å². The van der Waals surface area contributed by atoms with E-state index in [0.29, 0.717) is 30.2 Å². The normalized spacial score (nSPS) is 10.4. The topological polar surface area (TPSA) is 136 Å². The molecule has 0 radical (unpaired) electrons. The Morgan fingerprint density at radius 2 is 1.97 bits per heavy atom. The number of aromatic amines is 1. The van der Waals surface area contributed by atoms with Gasteiger partial charge in [-0.1, -0.05) is 20.8 Å². The largest absolute Gasteiger partial charge is 0.384 e. The van der Waals surface area contributed by atoms with Crippen molar-refractivity contribution < 1.29 is 4.79 Å². The maximum absolute atomic E-state index is 13.0. The smallest absolute Gasteiger partial charge is 0.329 e. The molecule has 0 saturated carbocycles. The summed E-state index contributed by atoms with van der Waals surface area (Å²) in [7, 11) is 0. The molecule has 3 rings (SSSR count). The van der Waals surface area contributed by atoms with Gasteiger partial charge in [-0.25, -0.2) is 14.8 Å². The summed E-state index contributed by atoms with van der Waals surface area (Å²) in [5, 5.41) is 2.79. The second-order valence-corrected chi connectivity index (χ2v) is 6.78. The van der Waals surface area contributed by atoms with Crippen LogP contribution in [-0.2, 0) is 6.54 Å². The third kappa shape index (κ3) is 4.98. The first-order chi connectivity index (χ1) is 13.3. The minimum atomic E-state index is -0.643. The van der Waals surface area contributed by atoms with Crippen molar-refractivity contribution in [2.45, 2.75) is 39.7 Å². The van der Waals surface area contributed by atoms with Crippen LogP contribution >= 0.6 is 24.8 Å². The van der Waals surface area contributed by atoms with Gasteiger partial charge in [-0.05, 0) is 30.5 Å². The van der Waals surface area contributed by atoms with Crippen molar-refractivity contribution in [2.24, 2.45) is 0 Å². The molecule has 162 valence electrons. The van der Waals surface area contributed by atoms with Crippen molar-refractivity contribution in [3.63, 3.8) is 0 Å². The number of amides is 1. The van der Waals surface area contributed by atoms with Gasteiger partial charge in [0.2, 0.25) is 0 Å². The fourth-order valence-corrected chi connectivity index (χ4v) is 2.88. The molecule has 0 aliphatic rings. The van der Waals surface area contributed by atoms with Gasteiger partial charge in [-0.3, -0.25) is 19.1 Å². The molecular weight excluding hydrogens is 431 g/mol. The number of nitrogens with zero attached hydrogens (tertiary/aromatic N) is 3. The summed E-state index contributed by atoms with van der Waals surface area (Å²) < 4.78 is 1.39. The van der Waals surface area contributed by atoms with Crippen LogP contribution in [0.2, 0.25) is 0 Å².